The lowest BCUT2D eigenvalue weighted by atomic mass is 9.97. The lowest BCUT2D eigenvalue weighted by Gasteiger charge is -2.37. The van der Waals surface area contributed by atoms with Gasteiger partial charge in [0, 0.05) is 62.5 Å². The third-order valence-corrected chi connectivity index (χ3v) is 12.1. The lowest BCUT2D eigenvalue weighted by molar-refractivity contribution is -0.144. The molecule has 286 valence electrons. The van der Waals surface area contributed by atoms with Crippen LogP contribution in [-0.4, -0.2) is 81.0 Å². The van der Waals surface area contributed by atoms with E-state index in [1.165, 1.54) is 0 Å². The van der Waals surface area contributed by atoms with E-state index < -0.39 is 12.0 Å². The Labute approximate surface area is 326 Å². The number of pyridine rings is 2. The van der Waals surface area contributed by atoms with Crippen molar-refractivity contribution in [2.45, 2.75) is 89.4 Å². The number of carbonyl (C=O) groups excluding carboxylic acids is 2. The fraction of sp³-hybridized carbons (Fsp3) is 0.419. The van der Waals surface area contributed by atoms with Crippen molar-refractivity contribution < 1.29 is 24.2 Å². The van der Waals surface area contributed by atoms with E-state index in [2.05, 4.69) is 25.5 Å². The molecule has 12 heteroatoms. The standard InChI is InChI=1S/C43H47ClN6O5/c1-26-32(6-4-8-35(26)47-42(52)38-21-34(27-11-12-27)30(23-46-38)25-50-16-3-2-10-39(50)43(53)54)33-7-5-9-36(40(33)44)48-41(51)37-20-28-13-17-49(24-29(28)22-45-37)31-14-18-55-19-15-31/h4-9,20-23,27,31,39H,2-3,10-19,24-25H2,1H3,(H,47,52)(H,48,51)(H,53,54). The molecule has 2 aromatic heterocycles. The summed E-state index contributed by atoms with van der Waals surface area (Å²) in [6.45, 7) is 6.59. The first-order chi connectivity index (χ1) is 26.7. The number of aromatic nitrogens is 2. The summed E-state index contributed by atoms with van der Waals surface area (Å²) < 4.78 is 5.55. The Morgan fingerprint density at radius 1 is 0.855 bits per heavy atom. The highest BCUT2D eigenvalue weighted by Crippen LogP contribution is 2.43. The number of carboxylic acid groups (broad SMARTS) is 1. The molecule has 1 atom stereocenters. The van der Waals surface area contributed by atoms with Crippen LogP contribution in [0, 0.1) is 6.92 Å². The fourth-order valence-corrected chi connectivity index (χ4v) is 8.70. The van der Waals surface area contributed by atoms with Gasteiger partial charge >= 0.3 is 5.97 Å². The highest BCUT2D eigenvalue weighted by molar-refractivity contribution is 6.36. The number of likely N-dealkylation sites (tertiary alicyclic amines) is 1. The van der Waals surface area contributed by atoms with E-state index in [1.807, 2.05) is 60.5 Å². The Kier molecular flexibility index (Phi) is 11.0. The van der Waals surface area contributed by atoms with Crippen LogP contribution < -0.4 is 10.6 Å². The molecule has 11 nitrogen and oxygen atoms in total. The number of rotatable bonds is 10. The second kappa shape index (κ2) is 16.2. The average Bonchev–Trinajstić information content (AvgIpc) is 4.06. The molecule has 1 unspecified atom stereocenters. The molecule has 2 aromatic carbocycles. The molecule has 8 rings (SSSR count). The maximum absolute atomic E-state index is 13.7. The first-order valence-electron chi connectivity index (χ1n) is 19.5. The molecule has 3 fully saturated rings. The number of halogens is 1. The summed E-state index contributed by atoms with van der Waals surface area (Å²) in [5.41, 5.74) is 8.50. The third-order valence-electron chi connectivity index (χ3n) is 11.7. The topological polar surface area (TPSA) is 137 Å². The molecule has 2 saturated heterocycles. The number of benzene rings is 2. The van der Waals surface area contributed by atoms with E-state index in [-0.39, 0.29) is 11.8 Å². The number of nitrogens with zero attached hydrogens (tertiary/aromatic N) is 4. The van der Waals surface area contributed by atoms with Crippen molar-refractivity contribution in [3.63, 3.8) is 0 Å². The van der Waals surface area contributed by atoms with Gasteiger partial charge in [0.2, 0.25) is 0 Å². The minimum Gasteiger partial charge on any atom is -0.480 e. The zero-order valence-corrected chi connectivity index (χ0v) is 31.9. The Hall–Kier alpha value is -4.68. The van der Waals surface area contributed by atoms with Gasteiger partial charge in [0.15, 0.2) is 0 Å². The van der Waals surface area contributed by atoms with Crippen LogP contribution in [0.3, 0.4) is 0 Å². The first-order valence-corrected chi connectivity index (χ1v) is 19.9. The zero-order chi connectivity index (χ0) is 38.1. The lowest BCUT2D eigenvalue weighted by Crippen LogP contribution is -2.44. The number of amides is 2. The summed E-state index contributed by atoms with van der Waals surface area (Å²) in [5, 5.41) is 16.2. The maximum atomic E-state index is 13.7. The average molecular weight is 763 g/mol. The van der Waals surface area contributed by atoms with E-state index in [1.54, 1.807) is 12.3 Å². The van der Waals surface area contributed by atoms with Gasteiger partial charge in [-0.2, -0.15) is 0 Å². The number of piperidine rings is 1. The van der Waals surface area contributed by atoms with Crippen molar-refractivity contribution >= 4 is 40.8 Å². The Bertz CT molecular complexity index is 2120. The molecule has 5 heterocycles. The third kappa shape index (κ3) is 8.16. The molecule has 2 amide bonds. The van der Waals surface area contributed by atoms with Gasteiger partial charge in [-0.05, 0) is 122 Å². The molecule has 3 aliphatic heterocycles. The molecule has 0 spiro atoms. The number of fused-ring (bicyclic) bond motifs is 1. The van der Waals surface area contributed by atoms with Gasteiger partial charge in [0.05, 0.1) is 10.7 Å². The van der Waals surface area contributed by atoms with Crippen LogP contribution in [0.25, 0.3) is 11.1 Å². The number of hydrogen-bond donors (Lipinski definition) is 3. The Balaban J connectivity index is 0.959. The Morgan fingerprint density at radius 2 is 1.56 bits per heavy atom. The van der Waals surface area contributed by atoms with E-state index in [9.17, 15) is 19.5 Å². The van der Waals surface area contributed by atoms with Crippen LogP contribution in [0.4, 0.5) is 11.4 Å². The van der Waals surface area contributed by atoms with Crippen LogP contribution in [0.15, 0.2) is 60.9 Å². The number of carbonyl (C=O) groups is 3. The van der Waals surface area contributed by atoms with Crippen molar-refractivity contribution in [2.75, 3.05) is 36.9 Å². The number of aliphatic carboxylic acids is 1. The van der Waals surface area contributed by atoms with Gasteiger partial charge in [-0.1, -0.05) is 42.3 Å². The largest absolute Gasteiger partial charge is 0.480 e. The summed E-state index contributed by atoms with van der Waals surface area (Å²) in [7, 11) is 0. The second-order valence-corrected chi connectivity index (χ2v) is 15.7. The molecular formula is C43H47ClN6O5. The normalized spacial score (nSPS) is 19.4. The van der Waals surface area contributed by atoms with Crippen LogP contribution in [0.5, 0.6) is 0 Å². The molecule has 4 aromatic rings. The highest BCUT2D eigenvalue weighted by atomic mass is 35.5. The quantitative estimate of drug-likeness (QED) is 0.150. The SMILES string of the molecule is Cc1c(NC(=O)c2cc(C3CC3)c(CN3CCCCC3C(=O)O)cn2)cccc1-c1cccc(NC(=O)c2cc3c(cn2)CN(C2CCOCC2)CC3)c1Cl. The molecule has 0 bridgehead atoms. The van der Waals surface area contributed by atoms with Crippen LogP contribution in [0.2, 0.25) is 5.02 Å². The molecule has 55 heavy (non-hydrogen) atoms. The van der Waals surface area contributed by atoms with Crippen LogP contribution in [-0.2, 0) is 29.0 Å². The van der Waals surface area contributed by atoms with Crippen molar-refractivity contribution in [1.82, 2.24) is 19.8 Å². The summed E-state index contributed by atoms with van der Waals surface area (Å²) in [4.78, 5) is 52.7. The summed E-state index contributed by atoms with van der Waals surface area (Å²) in [6.07, 6.45) is 11.2. The number of carboxylic acids is 1. The van der Waals surface area contributed by atoms with Crippen LogP contribution in [0.1, 0.15) is 99.7 Å². The van der Waals surface area contributed by atoms with Crippen LogP contribution >= 0.6 is 11.6 Å². The number of hydrogen-bond acceptors (Lipinski definition) is 8. The molecule has 1 saturated carbocycles. The van der Waals surface area contributed by atoms with Crippen molar-refractivity contribution in [1.29, 1.82) is 0 Å². The second-order valence-electron chi connectivity index (χ2n) is 15.3. The monoisotopic (exact) mass is 762 g/mol. The molecular weight excluding hydrogens is 716 g/mol. The molecule has 3 N–H and O–H groups in total. The first kappa shape index (κ1) is 37.3. The minimum absolute atomic E-state index is 0.319. The van der Waals surface area contributed by atoms with E-state index in [0.717, 1.165) is 117 Å². The summed E-state index contributed by atoms with van der Waals surface area (Å²) in [6, 6.07) is 15.0. The summed E-state index contributed by atoms with van der Waals surface area (Å²) in [5.74, 6) is -1.08. The maximum Gasteiger partial charge on any atom is 0.320 e. The highest BCUT2D eigenvalue weighted by Gasteiger charge is 2.32. The van der Waals surface area contributed by atoms with Gasteiger partial charge in [-0.3, -0.25) is 34.2 Å². The van der Waals surface area contributed by atoms with Gasteiger partial charge in [0.25, 0.3) is 11.8 Å². The number of anilines is 2. The van der Waals surface area contributed by atoms with Crippen molar-refractivity contribution in [3.05, 3.63) is 105 Å². The predicted octanol–water partition coefficient (Wildman–Crippen LogP) is 7.46. The van der Waals surface area contributed by atoms with E-state index in [4.69, 9.17) is 16.3 Å². The van der Waals surface area contributed by atoms with Crippen molar-refractivity contribution in [2.24, 2.45) is 0 Å². The zero-order valence-electron chi connectivity index (χ0n) is 31.2. The van der Waals surface area contributed by atoms with Gasteiger partial charge in [-0.15, -0.1) is 0 Å². The molecule has 4 aliphatic rings. The number of ether oxygens (including phenoxy) is 1. The fourth-order valence-electron chi connectivity index (χ4n) is 8.43. The molecule has 1 aliphatic carbocycles. The van der Waals surface area contributed by atoms with Gasteiger partial charge < -0.3 is 20.5 Å². The van der Waals surface area contributed by atoms with E-state index in [0.29, 0.717) is 52.7 Å². The predicted molar refractivity (Wildman–Crippen MR) is 212 cm³/mol. The smallest absolute Gasteiger partial charge is 0.320 e. The van der Waals surface area contributed by atoms with Gasteiger partial charge in [-0.25, -0.2) is 0 Å². The van der Waals surface area contributed by atoms with E-state index >= 15 is 0 Å². The Morgan fingerprint density at radius 3 is 2.33 bits per heavy atom. The van der Waals surface area contributed by atoms with Crippen molar-refractivity contribution in [3.8, 4) is 11.1 Å². The molecule has 0 radical (unpaired) electrons. The van der Waals surface area contributed by atoms with Gasteiger partial charge in [0.1, 0.15) is 17.4 Å². The summed E-state index contributed by atoms with van der Waals surface area (Å²) >= 11 is 6.99. The minimum atomic E-state index is -0.785. The number of nitrogens with one attached hydrogen (secondary N) is 2.